The predicted octanol–water partition coefficient (Wildman–Crippen LogP) is 5.45. The van der Waals surface area contributed by atoms with Gasteiger partial charge in [-0.15, -0.1) is 0 Å². The van der Waals surface area contributed by atoms with Crippen LogP contribution in [-0.4, -0.2) is 53.1 Å². The zero-order valence-corrected chi connectivity index (χ0v) is 24.5. The Bertz CT molecular complexity index is 1700. The fraction of sp³-hybridized carbons (Fsp3) is 0.233. The third-order valence-corrected chi connectivity index (χ3v) is 9.53. The van der Waals surface area contributed by atoms with E-state index in [0.717, 1.165) is 10.3 Å². The molecule has 0 aliphatic rings. The standard InChI is InChI=1S/C30H31N5O4S2/c1-3-34(22-23-10-6-5-7-11-23)41(37,38)25-16-14-24(15-17-25)29(36)35(21-20-33-19-9-18-31-33)30-32-28-26(39-4-2)12-8-13-27(28)40-30/h5-19H,3-4,20-22H2,1-2H3. The van der Waals surface area contributed by atoms with E-state index >= 15 is 0 Å². The summed E-state index contributed by atoms with van der Waals surface area (Å²) in [5.74, 6) is 0.382. The number of para-hydroxylation sites is 1. The number of fused-ring (bicyclic) bond motifs is 1. The molecule has 0 saturated carbocycles. The lowest BCUT2D eigenvalue weighted by molar-refractivity contribution is 0.0985. The van der Waals surface area contributed by atoms with Crippen molar-refractivity contribution in [1.29, 1.82) is 0 Å². The maximum atomic E-state index is 13.9. The van der Waals surface area contributed by atoms with Gasteiger partial charge in [-0.2, -0.15) is 9.40 Å². The number of aromatic nitrogens is 3. The van der Waals surface area contributed by atoms with Gasteiger partial charge in [-0.25, -0.2) is 13.4 Å². The van der Waals surface area contributed by atoms with Gasteiger partial charge in [-0.05, 0) is 55.0 Å². The molecule has 0 spiro atoms. The quantitative estimate of drug-likeness (QED) is 0.192. The van der Waals surface area contributed by atoms with E-state index < -0.39 is 10.0 Å². The lowest BCUT2D eigenvalue weighted by Gasteiger charge is -2.22. The van der Waals surface area contributed by atoms with Gasteiger partial charge in [0.2, 0.25) is 10.0 Å². The van der Waals surface area contributed by atoms with Crippen LogP contribution in [-0.2, 0) is 23.1 Å². The Morgan fingerprint density at radius 2 is 1.76 bits per heavy atom. The minimum atomic E-state index is -3.76. The molecule has 0 aliphatic carbocycles. The number of ether oxygens (including phenoxy) is 1. The van der Waals surface area contributed by atoms with Crippen LogP contribution in [0, 0.1) is 0 Å². The Morgan fingerprint density at radius 3 is 2.44 bits per heavy atom. The molecular weight excluding hydrogens is 558 g/mol. The summed E-state index contributed by atoms with van der Waals surface area (Å²) >= 11 is 1.40. The first-order valence-corrected chi connectivity index (χ1v) is 15.6. The second-order valence-electron chi connectivity index (χ2n) is 9.20. The van der Waals surface area contributed by atoms with Crippen LogP contribution in [0.4, 0.5) is 5.13 Å². The molecule has 9 nitrogen and oxygen atoms in total. The summed E-state index contributed by atoms with van der Waals surface area (Å²) in [6.45, 7) is 5.60. The average molecular weight is 590 g/mol. The summed E-state index contributed by atoms with van der Waals surface area (Å²) in [4.78, 5) is 20.4. The molecule has 0 atom stereocenters. The lowest BCUT2D eigenvalue weighted by Crippen LogP contribution is -2.34. The molecule has 0 bridgehead atoms. The van der Waals surface area contributed by atoms with Crippen LogP contribution in [0.15, 0.2) is 96.2 Å². The van der Waals surface area contributed by atoms with Crippen molar-refractivity contribution >= 4 is 42.6 Å². The number of hydrogen-bond donors (Lipinski definition) is 0. The third-order valence-electron chi connectivity index (χ3n) is 6.55. The largest absolute Gasteiger partial charge is 0.492 e. The average Bonchev–Trinajstić information content (AvgIpc) is 3.67. The molecule has 0 N–H and O–H groups in total. The van der Waals surface area contributed by atoms with Crippen LogP contribution in [0.1, 0.15) is 29.8 Å². The minimum absolute atomic E-state index is 0.135. The van der Waals surface area contributed by atoms with Crippen molar-refractivity contribution in [3.05, 3.63) is 102 Å². The monoisotopic (exact) mass is 589 g/mol. The van der Waals surface area contributed by atoms with E-state index in [-0.39, 0.29) is 17.3 Å². The number of rotatable bonds is 12. The smallest absolute Gasteiger partial charge is 0.260 e. The summed E-state index contributed by atoms with van der Waals surface area (Å²) < 4.78 is 36.7. The molecule has 5 rings (SSSR count). The van der Waals surface area contributed by atoms with Crippen molar-refractivity contribution < 1.29 is 17.9 Å². The van der Waals surface area contributed by atoms with Gasteiger partial charge in [0.25, 0.3) is 5.91 Å². The highest BCUT2D eigenvalue weighted by Crippen LogP contribution is 2.35. The molecule has 41 heavy (non-hydrogen) atoms. The molecule has 0 fully saturated rings. The Labute approximate surface area is 243 Å². The van der Waals surface area contributed by atoms with Gasteiger partial charge in [-0.3, -0.25) is 14.4 Å². The van der Waals surface area contributed by atoms with E-state index in [0.29, 0.717) is 48.2 Å². The summed E-state index contributed by atoms with van der Waals surface area (Å²) in [6.07, 6.45) is 3.53. The van der Waals surface area contributed by atoms with Crippen molar-refractivity contribution in [2.75, 3.05) is 24.6 Å². The van der Waals surface area contributed by atoms with Gasteiger partial charge >= 0.3 is 0 Å². The summed E-state index contributed by atoms with van der Waals surface area (Å²) in [5.41, 5.74) is 1.96. The predicted molar refractivity (Wildman–Crippen MR) is 161 cm³/mol. The summed E-state index contributed by atoms with van der Waals surface area (Å²) in [7, 11) is -3.76. The topological polar surface area (TPSA) is 97.6 Å². The highest BCUT2D eigenvalue weighted by atomic mass is 32.2. The van der Waals surface area contributed by atoms with Crippen molar-refractivity contribution in [3.8, 4) is 5.75 Å². The minimum Gasteiger partial charge on any atom is -0.492 e. The van der Waals surface area contributed by atoms with Gasteiger partial charge < -0.3 is 4.74 Å². The molecule has 0 saturated heterocycles. The number of benzene rings is 3. The van der Waals surface area contributed by atoms with E-state index in [1.54, 1.807) is 27.9 Å². The molecular formula is C30H31N5O4S2. The zero-order valence-electron chi connectivity index (χ0n) is 22.9. The van der Waals surface area contributed by atoms with Gasteiger partial charge in [0.05, 0.1) is 22.7 Å². The summed E-state index contributed by atoms with van der Waals surface area (Å²) in [6, 6.07) is 23.1. The Hall–Kier alpha value is -4.06. The summed E-state index contributed by atoms with van der Waals surface area (Å²) in [5, 5.41) is 4.79. The van der Waals surface area contributed by atoms with Crippen molar-refractivity contribution in [3.63, 3.8) is 0 Å². The van der Waals surface area contributed by atoms with Gasteiger partial charge in [-0.1, -0.05) is 54.7 Å². The fourth-order valence-electron chi connectivity index (χ4n) is 4.45. The van der Waals surface area contributed by atoms with E-state index in [1.165, 1.54) is 27.8 Å². The molecule has 11 heteroatoms. The molecule has 0 radical (unpaired) electrons. The first-order chi connectivity index (χ1) is 19.9. The number of thiazole rings is 1. The highest BCUT2D eigenvalue weighted by Gasteiger charge is 2.26. The molecule has 2 heterocycles. The fourth-order valence-corrected chi connectivity index (χ4v) is 6.89. The maximum Gasteiger partial charge on any atom is 0.260 e. The molecule has 3 aromatic carbocycles. The molecule has 2 aromatic heterocycles. The van der Waals surface area contributed by atoms with Gasteiger partial charge in [0.1, 0.15) is 11.3 Å². The lowest BCUT2D eigenvalue weighted by atomic mass is 10.2. The van der Waals surface area contributed by atoms with Gasteiger partial charge in [0, 0.05) is 37.6 Å². The molecule has 0 unspecified atom stereocenters. The van der Waals surface area contributed by atoms with E-state index in [9.17, 15) is 13.2 Å². The number of carbonyl (C=O) groups is 1. The number of amides is 1. The Balaban J connectivity index is 1.43. The molecule has 5 aromatic rings. The first kappa shape index (κ1) is 28.5. The van der Waals surface area contributed by atoms with Crippen LogP contribution < -0.4 is 9.64 Å². The second kappa shape index (κ2) is 12.6. The van der Waals surface area contributed by atoms with Crippen LogP contribution in [0.2, 0.25) is 0 Å². The van der Waals surface area contributed by atoms with Gasteiger partial charge in [0.15, 0.2) is 5.13 Å². The van der Waals surface area contributed by atoms with Crippen LogP contribution >= 0.6 is 11.3 Å². The normalized spacial score (nSPS) is 11.7. The zero-order chi connectivity index (χ0) is 28.8. The van der Waals surface area contributed by atoms with Crippen LogP contribution in [0.25, 0.3) is 10.2 Å². The number of nitrogens with zero attached hydrogens (tertiary/aromatic N) is 5. The molecule has 212 valence electrons. The molecule has 0 aliphatic heterocycles. The van der Waals surface area contributed by atoms with Crippen molar-refractivity contribution in [2.45, 2.75) is 31.8 Å². The maximum absolute atomic E-state index is 13.9. The molecule has 1 amide bonds. The SMILES string of the molecule is CCOc1cccc2sc(N(CCn3cccn3)C(=O)c3ccc(S(=O)(=O)N(CC)Cc4ccccc4)cc3)nc12. The van der Waals surface area contributed by atoms with Crippen molar-refractivity contribution in [1.82, 2.24) is 19.1 Å². The first-order valence-electron chi connectivity index (χ1n) is 13.4. The van der Waals surface area contributed by atoms with Crippen LogP contribution in [0.3, 0.4) is 0 Å². The highest BCUT2D eigenvalue weighted by molar-refractivity contribution is 7.89. The third kappa shape index (κ3) is 6.32. The van der Waals surface area contributed by atoms with Crippen molar-refractivity contribution in [2.24, 2.45) is 0 Å². The Morgan fingerprint density at radius 1 is 0.976 bits per heavy atom. The van der Waals surface area contributed by atoms with E-state index in [1.807, 2.05) is 74.6 Å². The van der Waals surface area contributed by atoms with E-state index in [4.69, 9.17) is 9.72 Å². The Kier molecular flexibility index (Phi) is 8.77. The number of anilines is 1. The van der Waals surface area contributed by atoms with Crippen LogP contribution in [0.5, 0.6) is 5.75 Å². The number of carbonyl (C=O) groups excluding carboxylic acids is 1. The number of sulfonamides is 1. The number of hydrogen-bond acceptors (Lipinski definition) is 7. The second-order valence-corrected chi connectivity index (χ2v) is 12.1. The van der Waals surface area contributed by atoms with E-state index in [2.05, 4.69) is 5.10 Å².